The zero-order chi connectivity index (χ0) is 11.5. The molecule has 0 unspecified atom stereocenters. The molecule has 1 fully saturated rings. The molecule has 5 heteroatoms. The van der Waals surface area contributed by atoms with Gasteiger partial charge in [-0.3, -0.25) is 9.59 Å². The van der Waals surface area contributed by atoms with E-state index in [1.54, 1.807) is 6.07 Å². The largest absolute Gasteiger partial charge is 0.489 e. The van der Waals surface area contributed by atoms with Crippen LogP contribution in [0, 0.1) is 0 Å². The number of hydrogen-bond acceptors (Lipinski definition) is 4. The van der Waals surface area contributed by atoms with Crippen molar-refractivity contribution in [2.45, 2.75) is 18.9 Å². The third-order valence-electron chi connectivity index (χ3n) is 2.29. The number of amides is 1. The van der Waals surface area contributed by atoms with Gasteiger partial charge in [0.1, 0.15) is 11.4 Å². The summed E-state index contributed by atoms with van der Waals surface area (Å²) in [6.07, 6.45) is 4.39. The highest BCUT2D eigenvalue weighted by Crippen LogP contribution is 2.26. The van der Waals surface area contributed by atoms with Gasteiger partial charge in [0.15, 0.2) is 6.29 Å². The number of nitrogens with zero attached hydrogens (tertiary/aromatic N) is 1. The number of nitrogens with one attached hydrogen (secondary N) is 1. The Bertz CT molecular complexity index is 427. The van der Waals surface area contributed by atoms with Gasteiger partial charge in [0.05, 0.1) is 12.3 Å². The quantitative estimate of drug-likeness (QED) is 0.762. The van der Waals surface area contributed by atoms with Crippen LogP contribution in [0.2, 0.25) is 0 Å². The van der Waals surface area contributed by atoms with E-state index < -0.39 is 0 Å². The average molecular weight is 220 g/mol. The first kappa shape index (κ1) is 10.6. The molecule has 1 aliphatic carbocycles. The van der Waals surface area contributed by atoms with Crippen LogP contribution in [-0.4, -0.2) is 30.3 Å². The van der Waals surface area contributed by atoms with E-state index >= 15 is 0 Å². The normalized spacial score (nSPS) is 14.3. The standard InChI is InChI=1S/C11H12N2O3/c1-12-11(15)10-7(6-14)4-9(5-13-10)16-8-2-3-8/h4-6,8H,2-3H2,1H3,(H,12,15). The Morgan fingerprint density at radius 1 is 1.62 bits per heavy atom. The topological polar surface area (TPSA) is 68.3 Å². The SMILES string of the molecule is CNC(=O)c1ncc(OC2CC2)cc1C=O. The van der Waals surface area contributed by atoms with Gasteiger partial charge in [0, 0.05) is 12.6 Å². The fraction of sp³-hybridized carbons (Fsp3) is 0.364. The lowest BCUT2D eigenvalue weighted by Crippen LogP contribution is -2.21. The van der Waals surface area contributed by atoms with Crippen molar-refractivity contribution in [1.82, 2.24) is 10.3 Å². The Balaban J connectivity index is 2.26. The van der Waals surface area contributed by atoms with Gasteiger partial charge in [-0.1, -0.05) is 0 Å². The molecule has 0 aliphatic heterocycles. The average Bonchev–Trinajstić information content (AvgIpc) is 3.11. The van der Waals surface area contributed by atoms with Crippen molar-refractivity contribution >= 4 is 12.2 Å². The molecule has 0 radical (unpaired) electrons. The molecule has 5 nitrogen and oxygen atoms in total. The second-order valence-corrected chi connectivity index (χ2v) is 3.62. The molecule has 2 rings (SSSR count). The van der Waals surface area contributed by atoms with E-state index in [4.69, 9.17) is 4.74 Å². The molecule has 1 heterocycles. The van der Waals surface area contributed by atoms with Crippen LogP contribution >= 0.6 is 0 Å². The van der Waals surface area contributed by atoms with Gasteiger partial charge in [-0.25, -0.2) is 4.98 Å². The van der Waals surface area contributed by atoms with Crippen LogP contribution in [0.15, 0.2) is 12.3 Å². The van der Waals surface area contributed by atoms with Gasteiger partial charge >= 0.3 is 0 Å². The number of carbonyl (C=O) groups excluding carboxylic acids is 2. The number of hydrogen-bond donors (Lipinski definition) is 1. The van der Waals surface area contributed by atoms with Crippen molar-refractivity contribution in [3.05, 3.63) is 23.5 Å². The molecule has 1 N–H and O–H groups in total. The van der Waals surface area contributed by atoms with Crippen LogP contribution in [0.5, 0.6) is 5.75 Å². The van der Waals surface area contributed by atoms with Crippen molar-refractivity contribution in [3.8, 4) is 5.75 Å². The highest BCUT2D eigenvalue weighted by molar-refractivity contribution is 5.99. The second kappa shape index (κ2) is 4.30. The van der Waals surface area contributed by atoms with Gasteiger partial charge in [0.2, 0.25) is 0 Å². The maximum Gasteiger partial charge on any atom is 0.270 e. The highest BCUT2D eigenvalue weighted by Gasteiger charge is 2.24. The molecule has 0 atom stereocenters. The van der Waals surface area contributed by atoms with E-state index in [1.165, 1.54) is 13.2 Å². The van der Waals surface area contributed by atoms with Crippen LogP contribution in [0.1, 0.15) is 33.7 Å². The molecule has 1 aromatic rings. The molecule has 0 bridgehead atoms. The summed E-state index contributed by atoms with van der Waals surface area (Å²) in [5.74, 6) is 0.164. The van der Waals surface area contributed by atoms with Crippen LogP contribution in [0.3, 0.4) is 0 Å². The van der Waals surface area contributed by atoms with Gasteiger partial charge in [-0.2, -0.15) is 0 Å². The Morgan fingerprint density at radius 3 is 2.94 bits per heavy atom. The summed E-state index contributed by atoms with van der Waals surface area (Å²) in [6.45, 7) is 0. The highest BCUT2D eigenvalue weighted by atomic mass is 16.5. The van der Waals surface area contributed by atoms with Crippen LogP contribution in [-0.2, 0) is 0 Å². The van der Waals surface area contributed by atoms with Crippen molar-refractivity contribution in [1.29, 1.82) is 0 Å². The molecule has 1 aliphatic rings. The maximum absolute atomic E-state index is 11.4. The molecular formula is C11H12N2O3. The minimum atomic E-state index is -0.375. The summed E-state index contributed by atoms with van der Waals surface area (Å²) in [7, 11) is 1.49. The van der Waals surface area contributed by atoms with Crippen LogP contribution in [0.25, 0.3) is 0 Å². The van der Waals surface area contributed by atoms with Crippen LogP contribution < -0.4 is 10.1 Å². The maximum atomic E-state index is 11.4. The summed E-state index contributed by atoms with van der Waals surface area (Å²) >= 11 is 0. The van der Waals surface area contributed by atoms with Crippen molar-refractivity contribution < 1.29 is 14.3 Å². The minimum absolute atomic E-state index is 0.126. The number of rotatable bonds is 4. The van der Waals surface area contributed by atoms with Gasteiger partial charge in [-0.15, -0.1) is 0 Å². The lowest BCUT2D eigenvalue weighted by Gasteiger charge is -2.06. The predicted molar refractivity (Wildman–Crippen MR) is 56.7 cm³/mol. The summed E-state index contributed by atoms with van der Waals surface area (Å²) < 4.78 is 5.48. The summed E-state index contributed by atoms with van der Waals surface area (Å²) in [5.41, 5.74) is 0.373. The van der Waals surface area contributed by atoms with E-state index in [-0.39, 0.29) is 23.3 Å². The molecule has 84 valence electrons. The number of pyridine rings is 1. The number of carbonyl (C=O) groups is 2. The first-order chi connectivity index (χ1) is 7.74. The van der Waals surface area contributed by atoms with E-state index in [2.05, 4.69) is 10.3 Å². The zero-order valence-electron chi connectivity index (χ0n) is 8.90. The van der Waals surface area contributed by atoms with Crippen molar-refractivity contribution in [2.24, 2.45) is 0 Å². The summed E-state index contributed by atoms with van der Waals surface area (Å²) in [6, 6.07) is 1.54. The smallest absolute Gasteiger partial charge is 0.270 e. The Labute approximate surface area is 92.8 Å². The third kappa shape index (κ3) is 2.18. The predicted octanol–water partition coefficient (Wildman–Crippen LogP) is 0.795. The Kier molecular flexibility index (Phi) is 2.85. The third-order valence-corrected chi connectivity index (χ3v) is 2.29. The molecule has 1 amide bonds. The fourth-order valence-electron chi connectivity index (χ4n) is 1.30. The van der Waals surface area contributed by atoms with E-state index in [0.29, 0.717) is 12.0 Å². The molecule has 16 heavy (non-hydrogen) atoms. The first-order valence-corrected chi connectivity index (χ1v) is 5.08. The Hall–Kier alpha value is -1.91. The fourth-order valence-corrected chi connectivity index (χ4v) is 1.30. The van der Waals surface area contributed by atoms with Gasteiger partial charge in [-0.05, 0) is 18.9 Å². The zero-order valence-corrected chi connectivity index (χ0v) is 8.90. The molecule has 1 aromatic heterocycles. The lowest BCUT2D eigenvalue weighted by molar-refractivity contribution is 0.0952. The minimum Gasteiger partial charge on any atom is -0.489 e. The number of ether oxygens (including phenoxy) is 1. The molecular weight excluding hydrogens is 208 g/mol. The van der Waals surface area contributed by atoms with E-state index in [1.807, 2.05) is 0 Å². The number of aromatic nitrogens is 1. The van der Waals surface area contributed by atoms with E-state index in [0.717, 1.165) is 12.8 Å². The molecule has 0 spiro atoms. The summed E-state index contributed by atoms with van der Waals surface area (Å²) in [4.78, 5) is 26.1. The van der Waals surface area contributed by atoms with E-state index in [9.17, 15) is 9.59 Å². The lowest BCUT2D eigenvalue weighted by atomic mass is 10.2. The van der Waals surface area contributed by atoms with Crippen LogP contribution in [0.4, 0.5) is 0 Å². The first-order valence-electron chi connectivity index (χ1n) is 5.08. The van der Waals surface area contributed by atoms with Gasteiger partial charge in [0.25, 0.3) is 5.91 Å². The molecule has 0 saturated heterocycles. The monoisotopic (exact) mass is 220 g/mol. The second-order valence-electron chi connectivity index (χ2n) is 3.62. The summed E-state index contributed by atoms with van der Waals surface area (Å²) in [5, 5.41) is 2.43. The van der Waals surface area contributed by atoms with Crippen molar-refractivity contribution in [3.63, 3.8) is 0 Å². The van der Waals surface area contributed by atoms with Gasteiger partial charge < -0.3 is 10.1 Å². The molecule has 1 saturated carbocycles. The Morgan fingerprint density at radius 2 is 2.38 bits per heavy atom. The molecule has 0 aromatic carbocycles. The van der Waals surface area contributed by atoms with Crippen molar-refractivity contribution in [2.75, 3.05) is 7.05 Å². The number of aldehydes is 1.